The quantitative estimate of drug-likeness (QED) is 0.609. The first kappa shape index (κ1) is 19.7. The molecule has 2 N–H and O–H groups in total. The van der Waals surface area contributed by atoms with Gasteiger partial charge in [-0.15, -0.1) is 0 Å². The fraction of sp³-hybridized carbons (Fsp3) is 0.500. The van der Waals surface area contributed by atoms with Gasteiger partial charge in [0.2, 0.25) is 0 Å². The van der Waals surface area contributed by atoms with Crippen LogP contribution in [0.5, 0.6) is 0 Å². The molecule has 2 heterocycles. The minimum absolute atomic E-state index is 0.174. The van der Waals surface area contributed by atoms with Crippen LogP contribution in [0.1, 0.15) is 36.8 Å². The topological polar surface area (TPSA) is 66.2 Å². The monoisotopic (exact) mass is 387 g/mol. The van der Waals surface area contributed by atoms with Gasteiger partial charge < -0.3 is 15.3 Å². The summed E-state index contributed by atoms with van der Waals surface area (Å²) in [5.74, 6) is 6.35. The molecule has 2 aromatic heterocycles. The molecular formula is C20H26ClN5O. The summed E-state index contributed by atoms with van der Waals surface area (Å²) >= 11 is 6.08. The predicted molar refractivity (Wildman–Crippen MR) is 108 cm³/mol. The number of rotatable bonds is 5. The molecule has 0 atom stereocenters. The molecule has 0 radical (unpaired) electrons. The van der Waals surface area contributed by atoms with Crippen molar-refractivity contribution in [1.29, 1.82) is 0 Å². The standard InChI is InChI=1S/C20H26ClN5O/c1-25(2)9-10-26-14-15(12-23-26)3-4-16-13-22-20(21)11-19(16)24-17-5-7-18(27)8-6-17/h11-14,17-18,27H,5-10H2,1-2H3,(H,22,24). The van der Waals surface area contributed by atoms with E-state index in [4.69, 9.17) is 11.6 Å². The van der Waals surface area contributed by atoms with Crippen LogP contribution in [0.3, 0.4) is 0 Å². The second-order valence-electron chi connectivity index (χ2n) is 7.25. The third kappa shape index (κ3) is 5.96. The maximum Gasteiger partial charge on any atom is 0.131 e. The number of hydrogen-bond acceptors (Lipinski definition) is 5. The second-order valence-corrected chi connectivity index (χ2v) is 7.64. The van der Waals surface area contributed by atoms with Gasteiger partial charge in [0.05, 0.1) is 35.7 Å². The van der Waals surface area contributed by atoms with Crippen LogP contribution in [0.15, 0.2) is 24.7 Å². The molecule has 2 aromatic rings. The van der Waals surface area contributed by atoms with Gasteiger partial charge in [0.25, 0.3) is 0 Å². The Morgan fingerprint density at radius 3 is 2.78 bits per heavy atom. The molecule has 0 aliphatic heterocycles. The lowest BCUT2D eigenvalue weighted by Crippen LogP contribution is -2.28. The number of nitrogens with zero attached hydrogens (tertiary/aromatic N) is 4. The summed E-state index contributed by atoms with van der Waals surface area (Å²) in [7, 11) is 4.08. The predicted octanol–water partition coefficient (Wildman–Crippen LogP) is 2.61. The van der Waals surface area contributed by atoms with Crippen LogP contribution < -0.4 is 5.32 Å². The minimum Gasteiger partial charge on any atom is -0.393 e. The zero-order valence-corrected chi connectivity index (χ0v) is 16.6. The minimum atomic E-state index is -0.174. The van der Waals surface area contributed by atoms with E-state index in [9.17, 15) is 5.11 Å². The number of likely N-dealkylation sites (N-methyl/N-ethyl adjacent to an activating group) is 1. The number of aromatic nitrogens is 3. The van der Waals surface area contributed by atoms with Gasteiger partial charge in [-0.05, 0) is 45.8 Å². The highest BCUT2D eigenvalue weighted by Crippen LogP contribution is 2.25. The molecule has 0 unspecified atom stereocenters. The number of anilines is 1. The number of halogens is 1. The molecular weight excluding hydrogens is 362 g/mol. The van der Waals surface area contributed by atoms with Gasteiger partial charge in [0, 0.05) is 25.0 Å². The Morgan fingerprint density at radius 2 is 2.04 bits per heavy atom. The van der Waals surface area contributed by atoms with Gasteiger partial charge >= 0.3 is 0 Å². The van der Waals surface area contributed by atoms with Crippen LogP contribution in [-0.2, 0) is 6.54 Å². The van der Waals surface area contributed by atoms with E-state index in [1.54, 1.807) is 12.4 Å². The molecule has 0 spiro atoms. The van der Waals surface area contributed by atoms with E-state index in [-0.39, 0.29) is 6.10 Å². The highest BCUT2D eigenvalue weighted by atomic mass is 35.5. The van der Waals surface area contributed by atoms with Crippen LogP contribution in [0.25, 0.3) is 0 Å². The molecule has 0 saturated heterocycles. The SMILES string of the molecule is CN(C)CCn1cc(C#Cc2cnc(Cl)cc2NC2CCC(O)CC2)cn1. The summed E-state index contributed by atoms with van der Waals surface area (Å²) in [5.41, 5.74) is 2.57. The Labute approximate surface area is 165 Å². The highest BCUT2D eigenvalue weighted by molar-refractivity contribution is 6.29. The van der Waals surface area contributed by atoms with Gasteiger partial charge in [-0.1, -0.05) is 23.4 Å². The molecule has 6 nitrogen and oxygen atoms in total. The first-order valence-corrected chi connectivity index (χ1v) is 9.67. The Morgan fingerprint density at radius 1 is 1.26 bits per heavy atom. The van der Waals surface area contributed by atoms with Crippen molar-refractivity contribution in [2.45, 2.75) is 44.4 Å². The van der Waals surface area contributed by atoms with Crippen LogP contribution in [-0.4, -0.2) is 57.6 Å². The third-order valence-corrected chi connectivity index (χ3v) is 4.88. The van der Waals surface area contributed by atoms with E-state index in [1.165, 1.54) is 0 Å². The largest absolute Gasteiger partial charge is 0.393 e. The second kappa shape index (κ2) is 9.23. The summed E-state index contributed by atoms with van der Waals surface area (Å²) in [5, 5.41) is 18.0. The van der Waals surface area contributed by atoms with Crippen LogP contribution >= 0.6 is 11.6 Å². The molecule has 7 heteroatoms. The van der Waals surface area contributed by atoms with Crippen LogP contribution in [0.4, 0.5) is 5.69 Å². The first-order chi connectivity index (χ1) is 13.0. The molecule has 144 valence electrons. The van der Waals surface area contributed by atoms with Crippen LogP contribution in [0, 0.1) is 11.8 Å². The highest BCUT2D eigenvalue weighted by Gasteiger charge is 2.20. The molecule has 1 fully saturated rings. The van der Waals surface area contributed by atoms with Crippen molar-refractivity contribution < 1.29 is 5.11 Å². The van der Waals surface area contributed by atoms with E-state index < -0.39 is 0 Å². The Balaban J connectivity index is 1.71. The lowest BCUT2D eigenvalue weighted by atomic mass is 9.93. The molecule has 27 heavy (non-hydrogen) atoms. The lowest BCUT2D eigenvalue weighted by Gasteiger charge is -2.27. The smallest absolute Gasteiger partial charge is 0.131 e. The van der Waals surface area contributed by atoms with Gasteiger partial charge in [-0.25, -0.2) is 4.98 Å². The fourth-order valence-corrected chi connectivity index (χ4v) is 3.24. The number of hydrogen-bond donors (Lipinski definition) is 2. The van der Waals surface area contributed by atoms with Crippen molar-refractivity contribution in [1.82, 2.24) is 19.7 Å². The van der Waals surface area contributed by atoms with Crippen molar-refractivity contribution in [2.24, 2.45) is 0 Å². The summed E-state index contributed by atoms with van der Waals surface area (Å²) in [6, 6.07) is 2.14. The van der Waals surface area contributed by atoms with E-state index in [2.05, 4.69) is 32.1 Å². The zero-order chi connectivity index (χ0) is 19.2. The van der Waals surface area contributed by atoms with Crippen molar-refractivity contribution in [3.63, 3.8) is 0 Å². The maximum absolute atomic E-state index is 9.68. The summed E-state index contributed by atoms with van der Waals surface area (Å²) in [6.45, 7) is 1.76. The summed E-state index contributed by atoms with van der Waals surface area (Å²) in [4.78, 5) is 6.29. The molecule has 1 aliphatic rings. The molecule has 0 bridgehead atoms. The number of pyridine rings is 1. The number of aliphatic hydroxyl groups is 1. The lowest BCUT2D eigenvalue weighted by molar-refractivity contribution is 0.126. The van der Waals surface area contributed by atoms with Crippen molar-refractivity contribution in [3.8, 4) is 11.8 Å². The molecule has 1 aliphatic carbocycles. The van der Waals surface area contributed by atoms with Crippen molar-refractivity contribution in [3.05, 3.63) is 40.9 Å². The summed E-state index contributed by atoms with van der Waals surface area (Å²) < 4.78 is 1.90. The normalized spacial score (nSPS) is 19.6. The Bertz CT molecular complexity index is 815. The van der Waals surface area contributed by atoms with E-state index in [1.807, 2.05) is 31.0 Å². The first-order valence-electron chi connectivity index (χ1n) is 9.29. The molecule has 1 saturated carbocycles. The molecule has 3 rings (SSSR count). The van der Waals surface area contributed by atoms with Gasteiger partial charge in [0.1, 0.15) is 5.15 Å². The van der Waals surface area contributed by atoms with Gasteiger partial charge in [-0.3, -0.25) is 4.68 Å². The van der Waals surface area contributed by atoms with E-state index >= 15 is 0 Å². The Kier molecular flexibility index (Phi) is 6.73. The number of nitrogens with one attached hydrogen (secondary N) is 1. The summed E-state index contributed by atoms with van der Waals surface area (Å²) in [6.07, 6.45) is 8.78. The third-order valence-electron chi connectivity index (χ3n) is 4.68. The number of aliphatic hydroxyl groups excluding tert-OH is 1. The van der Waals surface area contributed by atoms with Crippen molar-refractivity contribution in [2.75, 3.05) is 26.0 Å². The average molecular weight is 388 g/mol. The van der Waals surface area contributed by atoms with E-state index in [0.29, 0.717) is 11.2 Å². The van der Waals surface area contributed by atoms with Crippen LogP contribution in [0.2, 0.25) is 5.15 Å². The van der Waals surface area contributed by atoms with Crippen molar-refractivity contribution >= 4 is 17.3 Å². The average Bonchev–Trinajstić information content (AvgIpc) is 3.09. The van der Waals surface area contributed by atoms with Gasteiger partial charge in [0.15, 0.2) is 0 Å². The molecule has 0 amide bonds. The zero-order valence-electron chi connectivity index (χ0n) is 15.8. The van der Waals surface area contributed by atoms with Gasteiger partial charge in [-0.2, -0.15) is 5.10 Å². The Hall–Kier alpha value is -2.07. The maximum atomic E-state index is 9.68. The fourth-order valence-electron chi connectivity index (χ4n) is 3.08. The molecule has 0 aromatic carbocycles. The van der Waals surface area contributed by atoms with E-state index in [0.717, 1.165) is 55.6 Å².